The lowest BCUT2D eigenvalue weighted by Gasteiger charge is -2.13. The minimum Gasteiger partial charge on any atom is -0.495 e. The lowest BCUT2D eigenvalue weighted by atomic mass is 10.0. The summed E-state index contributed by atoms with van der Waals surface area (Å²) in [5.41, 5.74) is 1.10. The van der Waals surface area contributed by atoms with E-state index < -0.39 is 17.7 Å². The van der Waals surface area contributed by atoms with Crippen molar-refractivity contribution in [3.05, 3.63) is 64.2 Å². The van der Waals surface area contributed by atoms with Crippen molar-refractivity contribution in [1.82, 2.24) is 0 Å². The molecule has 0 aliphatic carbocycles. The summed E-state index contributed by atoms with van der Waals surface area (Å²) in [6.07, 6.45) is -0.687. The quantitative estimate of drug-likeness (QED) is 0.927. The van der Waals surface area contributed by atoms with Crippen LogP contribution < -0.4 is 4.74 Å². The molecule has 0 fully saturated rings. The van der Waals surface area contributed by atoms with Gasteiger partial charge in [-0.05, 0) is 35.4 Å². The number of hydrogen-bond donors (Lipinski definition) is 1. The molecule has 2 rings (SSSR count). The van der Waals surface area contributed by atoms with Gasteiger partial charge in [-0.1, -0.05) is 23.7 Å². The molecular formula is C15H13ClF2O2. The maximum absolute atomic E-state index is 13.1. The molecule has 20 heavy (non-hydrogen) atoms. The van der Waals surface area contributed by atoms with Crippen molar-refractivity contribution in [2.45, 2.75) is 12.5 Å². The molecule has 106 valence electrons. The molecule has 2 aromatic carbocycles. The average molecular weight is 299 g/mol. The molecular weight excluding hydrogens is 286 g/mol. The van der Waals surface area contributed by atoms with Gasteiger partial charge in [0.1, 0.15) is 5.75 Å². The molecule has 0 radical (unpaired) electrons. The first-order valence-electron chi connectivity index (χ1n) is 5.96. The fraction of sp³-hybridized carbons (Fsp3) is 0.200. The number of benzene rings is 2. The largest absolute Gasteiger partial charge is 0.495 e. The van der Waals surface area contributed by atoms with Crippen LogP contribution in [0.25, 0.3) is 0 Å². The smallest absolute Gasteiger partial charge is 0.159 e. The predicted octanol–water partition coefficient (Wildman–Crippen LogP) is 3.90. The highest BCUT2D eigenvalue weighted by Crippen LogP contribution is 2.29. The normalized spacial score (nSPS) is 12.2. The Morgan fingerprint density at radius 3 is 2.55 bits per heavy atom. The van der Waals surface area contributed by atoms with Crippen molar-refractivity contribution in [3.63, 3.8) is 0 Å². The molecule has 2 nitrogen and oxygen atoms in total. The molecule has 0 saturated carbocycles. The maximum atomic E-state index is 13.1. The zero-order valence-electron chi connectivity index (χ0n) is 10.7. The van der Waals surface area contributed by atoms with Crippen LogP contribution in [0.15, 0.2) is 36.4 Å². The Bertz CT molecular complexity index is 617. The van der Waals surface area contributed by atoms with Gasteiger partial charge in [-0.25, -0.2) is 8.78 Å². The van der Waals surface area contributed by atoms with Crippen LogP contribution in [0.1, 0.15) is 17.2 Å². The van der Waals surface area contributed by atoms with Gasteiger partial charge in [-0.2, -0.15) is 0 Å². The van der Waals surface area contributed by atoms with Crippen molar-refractivity contribution in [2.75, 3.05) is 7.11 Å². The Morgan fingerprint density at radius 2 is 1.90 bits per heavy atom. The van der Waals surface area contributed by atoms with E-state index >= 15 is 0 Å². The summed E-state index contributed by atoms with van der Waals surface area (Å²) in [5.74, 6) is -1.38. The molecule has 1 atom stereocenters. The highest BCUT2D eigenvalue weighted by molar-refractivity contribution is 6.32. The summed E-state index contributed by atoms with van der Waals surface area (Å²) in [5, 5.41) is 10.6. The Labute approximate surface area is 120 Å². The van der Waals surface area contributed by atoms with Gasteiger partial charge in [0.15, 0.2) is 11.6 Å². The minimum absolute atomic E-state index is 0.169. The van der Waals surface area contributed by atoms with Gasteiger partial charge < -0.3 is 9.84 Å². The van der Waals surface area contributed by atoms with E-state index in [1.165, 1.54) is 13.2 Å². The molecule has 0 aliphatic heterocycles. The third-order valence-corrected chi connectivity index (χ3v) is 3.29. The van der Waals surface area contributed by atoms with Gasteiger partial charge in [-0.3, -0.25) is 0 Å². The molecule has 2 aromatic rings. The third kappa shape index (κ3) is 3.26. The van der Waals surface area contributed by atoms with Crippen LogP contribution in [0.3, 0.4) is 0 Å². The van der Waals surface area contributed by atoms with Gasteiger partial charge in [-0.15, -0.1) is 0 Å². The van der Waals surface area contributed by atoms with E-state index in [1.807, 2.05) is 0 Å². The lowest BCUT2D eigenvalue weighted by molar-refractivity contribution is 0.178. The molecule has 0 heterocycles. The van der Waals surface area contributed by atoms with E-state index in [-0.39, 0.29) is 6.42 Å². The van der Waals surface area contributed by atoms with Crippen LogP contribution in [0.4, 0.5) is 8.78 Å². The van der Waals surface area contributed by atoms with Crippen molar-refractivity contribution in [1.29, 1.82) is 0 Å². The zero-order valence-corrected chi connectivity index (χ0v) is 11.5. The number of rotatable bonds is 4. The number of hydrogen-bond acceptors (Lipinski definition) is 2. The number of methoxy groups -OCH3 is 1. The van der Waals surface area contributed by atoms with E-state index in [1.54, 1.807) is 18.2 Å². The van der Waals surface area contributed by atoms with Crippen LogP contribution in [0, 0.1) is 11.6 Å². The lowest BCUT2D eigenvalue weighted by Crippen LogP contribution is -2.03. The third-order valence-electron chi connectivity index (χ3n) is 2.97. The number of ether oxygens (including phenoxy) is 1. The second-order valence-electron chi connectivity index (χ2n) is 4.36. The Kier molecular flexibility index (Phi) is 4.57. The summed E-state index contributed by atoms with van der Waals surface area (Å²) >= 11 is 5.90. The number of aliphatic hydroxyl groups is 1. The number of aliphatic hydroxyl groups excluding tert-OH is 1. The van der Waals surface area contributed by atoms with E-state index in [9.17, 15) is 13.9 Å². The van der Waals surface area contributed by atoms with Crippen molar-refractivity contribution in [2.24, 2.45) is 0 Å². The average Bonchev–Trinajstić information content (AvgIpc) is 2.43. The zero-order chi connectivity index (χ0) is 14.7. The molecule has 0 spiro atoms. The van der Waals surface area contributed by atoms with Crippen molar-refractivity contribution >= 4 is 11.6 Å². The molecule has 1 N–H and O–H groups in total. The van der Waals surface area contributed by atoms with Crippen molar-refractivity contribution < 1.29 is 18.6 Å². The number of halogens is 3. The second kappa shape index (κ2) is 6.20. The fourth-order valence-corrected chi connectivity index (χ4v) is 2.09. The molecule has 0 amide bonds. The van der Waals surface area contributed by atoms with Crippen molar-refractivity contribution in [3.8, 4) is 5.75 Å². The molecule has 0 aliphatic rings. The first-order chi connectivity index (χ1) is 9.51. The minimum atomic E-state index is -0.927. The Morgan fingerprint density at radius 1 is 1.15 bits per heavy atom. The monoisotopic (exact) mass is 298 g/mol. The van der Waals surface area contributed by atoms with E-state index in [2.05, 4.69) is 0 Å². The van der Waals surface area contributed by atoms with Crippen LogP contribution >= 0.6 is 11.6 Å². The van der Waals surface area contributed by atoms with Gasteiger partial charge in [0, 0.05) is 6.42 Å². The Balaban J connectivity index is 2.19. The van der Waals surface area contributed by atoms with Gasteiger partial charge >= 0.3 is 0 Å². The summed E-state index contributed by atoms with van der Waals surface area (Å²) in [6, 6.07) is 8.45. The van der Waals surface area contributed by atoms with E-state index in [4.69, 9.17) is 16.3 Å². The molecule has 1 unspecified atom stereocenters. The van der Waals surface area contributed by atoms with Crippen LogP contribution in [0.2, 0.25) is 5.02 Å². The predicted molar refractivity (Wildman–Crippen MR) is 73.0 cm³/mol. The molecule has 0 bridgehead atoms. The highest BCUT2D eigenvalue weighted by atomic mass is 35.5. The fourth-order valence-electron chi connectivity index (χ4n) is 1.89. The van der Waals surface area contributed by atoms with Gasteiger partial charge in [0.2, 0.25) is 0 Å². The summed E-state index contributed by atoms with van der Waals surface area (Å²) in [4.78, 5) is 0. The molecule has 0 aromatic heterocycles. The van der Waals surface area contributed by atoms with Gasteiger partial charge in [0.05, 0.1) is 18.2 Å². The Hall–Kier alpha value is -1.65. The second-order valence-corrected chi connectivity index (χ2v) is 4.77. The first-order valence-corrected chi connectivity index (χ1v) is 6.34. The first kappa shape index (κ1) is 14.8. The standard InChI is InChI=1S/C15H13ClF2O2/c1-20-15-8-10(3-4-11(15)16)14(19)7-9-2-5-12(17)13(18)6-9/h2-6,8,14,19H,7H2,1H3. The maximum Gasteiger partial charge on any atom is 0.159 e. The SMILES string of the molecule is COc1cc(C(O)Cc2ccc(F)c(F)c2)ccc1Cl. The highest BCUT2D eigenvalue weighted by Gasteiger charge is 2.12. The molecule has 5 heteroatoms. The van der Waals surface area contributed by atoms with E-state index in [0.29, 0.717) is 21.9 Å². The summed E-state index contributed by atoms with van der Waals surface area (Å²) in [6.45, 7) is 0. The summed E-state index contributed by atoms with van der Waals surface area (Å²) in [7, 11) is 1.48. The van der Waals surface area contributed by atoms with Gasteiger partial charge in [0.25, 0.3) is 0 Å². The van der Waals surface area contributed by atoms with Crippen LogP contribution in [-0.4, -0.2) is 12.2 Å². The van der Waals surface area contributed by atoms with Crippen LogP contribution in [0.5, 0.6) is 5.75 Å². The molecule has 0 saturated heterocycles. The van der Waals surface area contributed by atoms with Crippen LogP contribution in [-0.2, 0) is 6.42 Å². The topological polar surface area (TPSA) is 29.5 Å². The van der Waals surface area contributed by atoms with E-state index in [0.717, 1.165) is 12.1 Å². The summed E-state index contributed by atoms with van der Waals surface area (Å²) < 4.78 is 31.0.